The van der Waals surface area contributed by atoms with E-state index in [1.807, 2.05) is 0 Å². The highest BCUT2D eigenvalue weighted by Gasteiger charge is 2.43. The Labute approximate surface area is 431 Å². The Bertz CT molecular complexity index is 1150. The number of carbonyl (C=O) groups excluding carboxylic acids is 1. The molecule has 13 nitrogen and oxygen atoms in total. The van der Waals surface area contributed by atoms with Gasteiger partial charge >= 0.3 is 0 Å². The van der Waals surface area contributed by atoms with Crippen molar-refractivity contribution in [2.75, 3.05) is 91.6 Å². The molecule has 14 heteroatoms. The van der Waals surface area contributed by atoms with Crippen LogP contribution in [0.2, 0.25) is 0 Å². The molecule has 0 radical (unpaired) electrons. The van der Waals surface area contributed by atoms with E-state index >= 15 is 0 Å². The molecule has 1 aliphatic rings. The SMILES string of the molecule is CCCCCCCC/C=C\CCCCCCCCOCC(COCCOCCOCCOCCNC(=O)CCS[C@H]1OC(CO)[C@@H](O)[C@H](O)C1O)OCCCCCCCC/C=C\CCCCCCCC. The molecule has 1 rings (SSSR count). The topological polar surface area (TPSA) is 175 Å². The number of hydrogen-bond donors (Lipinski definition) is 5. The molecule has 1 saturated heterocycles. The van der Waals surface area contributed by atoms with E-state index in [2.05, 4.69) is 43.5 Å². The Morgan fingerprint density at radius 1 is 0.514 bits per heavy atom. The first-order valence-corrected chi connectivity index (χ1v) is 29.5. The first-order chi connectivity index (χ1) is 34.4. The minimum atomic E-state index is -1.43. The third-order valence-electron chi connectivity index (χ3n) is 12.6. The van der Waals surface area contributed by atoms with Gasteiger partial charge < -0.3 is 58.9 Å². The van der Waals surface area contributed by atoms with Gasteiger partial charge in [0.2, 0.25) is 5.91 Å². The Morgan fingerprint density at radius 3 is 1.41 bits per heavy atom. The van der Waals surface area contributed by atoms with Crippen LogP contribution >= 0.6 is 11.8 Å². The molecule has 0 aromatic rings. The van der Waals surface area contributed by atoms with Gasteiger partial charge in [-0.05, 0) is 64.2 Å². The minimum Gasteiger partial charge on any atom is -0.394 e. The molecule has 414 valence electrons. The van der Waals surface area contributed by atoms with Crippen molar-refractivity contribution in [3.05, 3.63) is 24.3 Å². The number of aliphatic hydroxyl groups excluding tert-OH is 4. The molecule has 1 aliphatic heterocycles. The van der Waals surface area contributed by atoms with Crippen molar-refractivity contribution in [3.63, 3.8) is 0 Å². The number of allylic oxidation sites excluding steroid dienone is 4. The van der Waals surface area contributed by atoms with Crippen molar-refractivity contribution < 1.29 is 58.4 Å². The van der Waals surface area contributed by atoms with Gasteiger partial charge in [0.05, 0.1) is 66.1 Å². The van der Waals surface area contributed by atoms with Crippen LogP contribution in [0.5, 0.6) is 0 Å². The number of aliphatic hydroxyl groups is 4. The lowest BCUT2D eigenvalue weighted by atomic mass is 10.0. The maximum Gasteiger partial charge on any atom is 0.220 e. The van der Waals surface area contributed by atoms with Crippen LogP contribution in [0.3, 0.4) is 0 Å². The summed E-state index contributed by atoms with van der Waals surface area (Å²) in [5, 5.41) is 42.0. The molecule has 0 bridgehead atoms. The Balaban J connectivity index is 2.14. The summed E-state index contributed by atoms with van der Waals surface area (Å²) in [5.41, 5.74) is -0.849. The quantitative estimate of drug-likeness (QED) is 0.0288. The number of amides is 1. The predicted molar refractivity (Wildman–Crippen MR) is 287 cm³/mol. The number of rotatable bonds is 54. The summed E-state index contributed by atoms with van der Waals surface area (Å²) in [6.07, 6.45) is 40.8. The number of ether oxygens (including phenoxy) is 7. The van der Waals surface area contributed by atoms with Crippen LogP contribution in [0.15, 0.2) is 24.3 Å². The molecule has 1 fully saturated rings. The monoisotopic (exact) mass is 1020 g/mol. The van der Waals surface area contributed by atoms with E-state index in [0.717, 1.165) is 37.8 Å². The van der Waals surface area contributed by atoms with E-state index in [4.69, 9.17) is 33.2 Å². The number of carbonyl (C=O) groups is 1. The van der Waals surface area contributed by atoms with Crippen LogP contribution in [-0.2, 0) is 38.0 Å². The lowest BCUT2D eigenvalue weighted by molar-refractivity contribution is -0.205. The summed E-state index contributed by atoms with van der Waals surface area (Å²) in [6.45, 7) is 9.94. The van der Waals surface area contributed by atoms with Gasteiger partial charge in [-0.15, -0.1) is 11.8 Å². The van der Waals surface area contributed by atoms with Gasteiger partial charge in [0, 0.05) is 31.9 Å². The van der Waals surface area contributed by atoms with Crippen LogP contribution in [0.25, 0.3) is 0 Å². The van der Waals surface area contributed by atoms with Gasteiger partial charge in [-0.3, -0.25) is 4.79 Å². The summed E-state index contributed by atoms with van der Waals surface area (Å²) in [5.74, 6) is 0.149. The van der Waals surface area contributed by atoms with Crippen LogP contribution in [0.1, 0.15) is 200 Å². The van der Waals surface area contributed by atoms with Crippen molar-refractivity contribution in [1.82, 2.24) is 5.32 Å². The second-order valence-electron chi connectivity index (χ2n) is 19.0. The number of hydrogen-bond acceptors (Lipinski definition) is 13. The van der Waals surface area contributed by atoms with Gasteiger partial charge in [-0.25, -0.2) is 0 Å². The van der Waals surface area contributed by atoms with Crippen LogP contribution in [0.4, 0.5) is 0 Å². The van der Waals surface area contributed by atoms with Gasteiger partial charge in [0.15, 0.2) is 0 Å². The highest BCUT2D eigenvalue weighted by atomic mass is 32.2. The maximum absolute atomic E-state index is 12.2. The number of thioether (sulfide) groups is 1. The fourth-order valence-corrected chi connectivity index (χ4v) is 9.22. The van der Waals surface area contributed by atoms with Crippen molar-refractivity contribution in [1.29, 1.82) is 0 Å². The third kappa shape index (κ3) is 42.2. The summed E-state index contributed by atoms with van der Waals surface area (Å²) in [4.78, 5) is 12.2. The smallest absolute Gasteiger partial charge is 0.220 e. The largest absolute Gasteiger partial charge is 0.394 e. The highest BCUT2D eigenvalue weighted by Crippen LogP contribution is 2.29. The predicted octanol–water partition coefficient (Wildman–Crippen LogP) is 10.6. The minimum absolute atomic E-state index is 0.0852. The molecule has 5 N–H and O–H groups in total. The van der Waals surface area contributed by atoms with Crippen molar-refractivity contribution >= 4 is 17.7 Å². The van der Waals surface area contributed by atoms with Gasteiger partial charge in [0.1, 0.15) is 36.0 Å². The third-order valence-corrected chi connectivity index (χ3v) is 13.7. The van der Waals surface area contributed by atoms with E-state index in [9.17, 15) is 25.2 Å². The Hall–Kier alpha value is -1.14. The fourth-order valence-electron chi connectivity index (χ4n) is 8.11. The number of nitrogens with one attached hydrogen (secondary N) is 1. The zero-order valence-electron chi connectivity index (χ0n) is 44.6. The van der Waals surface area contributed by atoms with E-state index in [0.29, 0.717) is 71.8 Å². The van der Waals surface area contributed by atoms with Crippen molar-refractivity contribution in [2.45, 2.75) is 236 Å². The van der Waals surface area contributed by atoms with Crippen LogP contribution in [0, 0.1) is 0 Å². The molecule has 1 heterocycles. The van der Waals surface area contributed by atoms with E-state index in [1.54, 1.807) is 0 Å². The summed E-state index contributed by atoms with van der Waals surface area (Å²) in [6, 6.07) is 0. The molecule has 0 spiro atoms. The van der Waals surface area contributed by atoms with Crippen LogP contribution in [-0.4, -0.2) is 154 Å². The average molecular weight is 1020 g/mol. The van der Waals surface area contributed by atoms with Crippen molar-refractivity contribution in [3.8, 4) is 0 Å². The first-order valence-electron chi connectivity index (χ1n) is 28.4. The molecule has 0 aromatic heterocycles. The maximum atomic E-state index is 12.2. The van der Waals surface area contributed by atoms with E-state index < -0.39 is 36.5 Å². The summed E-state index contributed by atoms with van der Waals surface area (Å²) in [7, 11) is 0. The highest BCUT2D eigenvalue weighted by molar-refractivity contribution is 7.99. The lowest BCUT2D eigenvalue weighted by Gasteiger charge is -2.39. The second kappa shape index (κ2) is 52.7. The molecule has 0 aromatic carbocycles. The number of unbranched alkanes of at least 4 members (excludes halogenated alkanes) is 24. The fraction of sp³-hybridized carbons (Fsp3) is 0.911. The molecule has 3 unspecified atom stereocenters. The Kier molecular flexibility index (Phi) is 50.4. The second-order valence-corrected chi connectivity index (χ2v) is 20.2. The van der Waals surface area contributed by atoms with Gasteiger partial charge in [-0.2, -0.15) is 0 Å². The summed E-state index contributed by atoms with van der Waals surface area (Å²) >= 11 is 1.15. The molecule has 0 aliphatic carbocycles. The van der Waals surface area contributed by atoms with E-state index in [1.165, 1.54) is 167 Å². The molecular weight excluding hydrogens is 911 g/mol. The normalized spacial score (nSPS) is 19.0. The average Bonchev–Trinajstić information content (AvgIpc) is 3.36. The standard InChI is InChI=1S/C56H107NO12S/c1-3-5-7-9-11-13-15-17-19-21-23-25-27-29-31-33-37-66-48-50(68-38-34-32-30-28-26-24-22-20-18-16-14-12-10-8-6-4-2)49-67-45-44-65-43-42-64-41-40-63-39-36-57-52(59)35-46-70-56-55(62)54(61)53(60)51(47-58)69-56/h17-20,50-51,53-56,58,60-62H,3-16,21-49H2,1-2H3,(H,57,59)/b19-17-,20-18-/t50?,51?,53-,54+,55?,56-/m1/s1. The van der Waals surface area contributed by atoms with E-state index in [-0.39, 0.29) is 18.4 Å². The van der Waals surface area contributed by atoms with Crippen LogP contribution < -0.4 is 5.32 Å². The van der Waals surface area contributed by atoms with Crippen molar-refractivity contribution in [2.24, 2.45) is 0 Å². The molecular formula is C56H107NO12S. The lowest BCUT2D eigenvalue weighted by Crippen LogP contribution is -2.57. The molecule has 0 saturated carbocycles. The van der Waals surface area contributed by atoms with Gasteiger partial charge in [0.25, 0.3) is 0 Å². The zero-order chi connectivity index (χ0) is 50.6. The molecule has 70 heavy (non-hydrogen) atoms. The molecule has 1 amide bonds. The molecule has 6 atom stereocenters. The summed E-state index contributed by atoms with van der Waals surface area (Å²) < 4.78 is 40.6. The Morgan fingerprint density at radius 2 is 0.929 bits per heavy atom. The first kappa shape index (κ1) is 66.9. The van der Waals surface area contributed by atoms with Gasteiger partial charge in [-0.1, -0.05) is 154 Å². The zero-order valence-corrected chi connectivity index (χ0v) is 45.5.